The quantitative estimate of drug-likeness (QED) is 0.388. The van der Waals surface area contributed by atoms with E-state index in [0.29, 0.717) is 23.6 Å². The minimum atomic E-state index is -0.542. The molecule has 2 N–H and O–H groups in total. The van der Waals surface area contributed by atoms with Crippen LogP contribution < -0.4 is 20.5 Å². The van der Waals surface area contributed by atoms with Crippen molar-refractivity contribution in [1.82, 2.24) is 15.2 Å². The highest BCUT2D eigenvalue weighted by molar-refractivity contribution is 5.86. The Morgan fingerprint density at radius 3 is 2.41 bits per heavy atom. The minimum Gasteiger partial charge on any atom is -0.493 e. The smallest absolute Gasteiger partial charge is 0.311 e. The van der Waals surface area contributed by atoms with Crippen LogP contribution in [0, 0.1) is 10.1 Å². The van der Waals surface area contributed by atoms with Gasteiger partial charge in [0.25, 0.3) is 5.56 Å². The van der Waals surface area contributed by atoms with Crippen molar-refractivity contribution in [3.8, 4) is 11.5 Å². The minimum absolute atomic E-state index is 0.0395. The van der Waals surface area contributed by atoms with Crippen molar-refractivity contribution in [3.05, 3.63) is 43.9 Å². The van der Waals surface area contributed by atoms with Gasteiger partial charge in [-0.2, -0.15) is 5.10 Å². The number of rotatable bonds is 8. The van der Waals surface area contributed by atoms with Gasteiger partial charge in [0.1, 0.15) is 11.4 Å². The molecule has 29 heavy (non-hydrogen) atoms. The Bertz CT molecular complexity index is 964. The van der Waals surface area contributed by atoms with Crippen molar-refractivity contribution in [1.29, 1.82) is 0 Å². The zero-order valence-corrected chi connectivity index (χ0v) is 17.0. The third-order valence-electron chi connectivity index (χ3n) is 3.67. The van der Waals surface area contributed by atoms with Gasteiger partial charge >= 0.3 is 5.69 Å². The van der Waals surface area contributed by atoms with Crippen LogP contribution in [0.3, 0.4) is 0 Å². The standard InChI is InChI=1S/C18H24N6O5/c1-6-28-13-9-14(29-7-2)12(24(26)27)8-11(13)10-19-22-17-20-16(25)15(21-23-17)18(3,4)5/h8-10H,6-7H2,1-5H3,(H2,20,22,23,25)/b19-10+. The molecule has 0 aliphatic heterocycles. The highest BCUT2D eigenvalue weighted by Gasteiger charge is 2.21. The second-order valence-electron chi connectivity index (χ2n) is 6.95. The molecule has 1 heterocycles. The number of ether oxygens (including phenoxy) is 2. The third-order valence-corrected chi connectivity index (χ3v) is 3.67. The van der Waals surface area contributed by atoms with E-state index in [0.717, 1.165) is 0 Å². The van der Waals surface area contributed by atoms with E-state index in [2.05, 4.69) is 25.7 Å². The zero-order valence-electron chi connectivity index (χ0n) is 17.0. The van der Waals surface area contributed by atoms with Gasteiger partial charge < -0.3 is 9.47 Å². The van der Waals surface area contributed by atoms with Crippen LogP contribution in [0.1, 0.15) is 45.9 Å². The van der Waals surface area contributed by atoms with E-state index in [1.54, 1.807) is 13.8 Å². The van der Waals surface area contributed by atoms with Crippen LogP contribution >= 0.6 is 0 Å². The van der Waals surface area contributed by atoms with E-state index in [4.69, 9.17) is 9.47 Å². The Morgan fingerprint density at radius 2 is 1.86 bits per heavy atom. The maximum absolute atomic E-state index is 12.1. The number of aromatic nitrogens is 3. The summed E-state index contributed by atoms with van der Waals surface area (Å²) in [6, 6.07) is 2.75. The summed E-state index contributed by atoms with van der Waals surface area (Å²) in [7, 11) is 0. The predicted octanol–water partition coefficient (Wildman–Crippen LogP) is 2.61. The fourth-order valence-corrected chi connectivity index (χ4v) is 2.40. The first kappa shape index (κ1) is 21.8. The summed E-state index contributed by atoms with van der Waals surface area (Å²) in [5.41, 5.74) is 2.18. The molecule has 0 atom stereocenters. The Hall–Kier alpha value is -3.50. The van der Waals surface area contributed by atoms with Gasteiger partial charge in [-0.25, -0.2) is 5.43 Å². The number of benzene rings is 1. The van der Waals surface area contributed by atoms with Crippen molar-refractivity contribution in [2.45, 2.75) is 40.0 Å². The Labute approximate surface area is 167 Å². The van der Waals surface area contributed by atoms with Gasteiger partial charge in [0.05, 0.1) is 24.4 Å². The van der Waals surface area contributed by atoms with Gasteiger partial charge in [0.15, 0.2) is 0 Å². The average Bonchev–Trinajstić information content (AvgIpc) is 2.62. The molecule has 0 fully saturated rings. The number of aromatic amines is 1. The normalized spacial score (nSPS) is 11.5. The Balaban J connectivity index is 2.31. The molecule has 1 aromatic carbocycles. The maximum Gasteiger partial charge on any atom is 0.311 e. The van der Waals surface area contributed by atoms with Crippen LogP contribution in [0.5, 0.6) is 11.5 Å². The van der Waals surface area contributed by atoms with Crippen molar-refractivity contribution in [2.75, 3.05) is 18.6 Å². The summed E-state index contributed by atoms with van der Waals surface area (Å²) in [6.07, 6.45) is 1.32. The molecule has 0 aliphatic carbocycles. The predicted molar refractivity (Wildman–Crippen MR) is 108 cm³/mol. The molecule has 0 radical (unpaired) electrons. The monoisotopic (exact) mass is 404 g/mol. The number of nitro benzene ring substituents is 1. The van der Waals surface area contributed by atoms with Gasteiger partial charge in [-0.15, -0.1) is 10.2 Å². The first-order chi connectivity index (χ1) is 13.7. The molecule has 0 unspecified atom stereocenters. The third kappa shape index (κ3) is 5.50. The number of anilines is 1. The molecule has 11 heteroatoms. The summed E-state index contributed by atoms with van der Waals surface area (Å²) in [6.45, 7) is 9.71. The van der Waals surface area contributed by atoms with Crippen molar-refractivity contribution in [2.24, 2.45) is 5.10 Å². The Kier molecular flexibility index (Phi) is 6.86. The summed E-state index contributed by atoms with van der Waals surface area (Å²) in [5, 5.41) is 23.1. The molecule has 0 bridgehead atoms. The van der Waals surface area contributed by atoms with Gasteiger partial charge in [-0.05, 0) is 13.8 Å². The van der Waals surface area contributed by atoms with Crippen LogP contribution in [-0.2, 0) is 5.41 Å². The first-order valence-corrected chi connectivity index (χ1v) is 9.02. The molecular formula is C18H24N6O5. The number of nitro groups is 1. The molecule has 2 rings (SSSR count). The van der Waals surface area contributed by atoms with Gasteiger partial charge in [-0.3, -0.25) is 19.9 Å². The van der Waals surface area contributed by atoms with E-state index < -0.39 is 10.3 Å². The molecule has 156 valence electrons. The lowest BCUT2D eigenvalue weighted by atomic mass is 9.93. The second kappa shape index (κ2) is 9.13. The van der Waals surface area contributed by atoms with E-state index in [-0.39, 0.29) is 29.6 Å². The molecule has 0 aliphatic rings. The van der Waals surface area contributed by atoms with Crippen LogP contribution in [0.2, 0.25) is 0 Å². The van der Waals surface area contributed by atoms with Crippen LogP contribution in [0.25, 0.3) is 0 Å². The van der Waals surface area contributed by atoms with Crippen molar-refractivity contribution in [3.63, 3.8) is 0 Å². The maximum atomic E-state index is 12.1. The number of hydrogen-bond acceptors (Lipinski definition) is 9. The van der Waals surface area contributed by atoms with Crippen LogP contribution in [0.4, 0.5) is 11.6 Å². The summed E-state index contributed by atoms with van der Waals surface area (Å²) >= 11 is 0. The SMILES string of the molecule is CCOc1cc(OCC)c([N+](=O)[O-])cc1/C=N/Nc1nnc(C(C)(C)C)c(=O)[nH]1. The molecule has 1 aromatic heterocycles. The number of hydrazone groups is 1. The largest absolute Gasteiger partial charge is 0.493 e. The van der Waals surface area contributed by atoms with Gasteiger partial charge in [0.2, 0.25) is 11.7 Å². The topological polar surface area (TPSA) is 145 Å². The van der Waals surface area contributed by atoms with Crippen molar-refractivity contribution >= 4 is 17.9 Å². The van der Waals surface area contributed by atoms with Crippen LogP contribution in [0.15, 0.2) is 22.0 Å². The number of hydrogen-bond donors (Lipinski definition) is 2. The molecule has 0 saturated heterocycles. The summed E-state index contributed by atoms with van der Waals surface area (Å²) in [4.78, 5) is 25.5. The lowest BCUT2D eigenvalue weighted by Crippen LogP contribution is -2.28. The summed E-state index contributed by atoms with van der Waals surface area (Å²) in [5.74, 6) is 0.520. The highest BCUT2D eigenvalue weighted by Crippen LogP contribution is 2.34. The van der Waals surface area contributed by atoms with Crippen LogP contribution in [-0.4, -0.2) is 39.5 Å². The number of H-pyrrole nitrogens is 1. The molecule has 11 nitrogen and oxygen atoms in total. The molecule has 0 amide bonds. The zero-order chi connectivity index (χ0) is 21.6. The molecule has 0 spiro atoms. The lowest BCUT2D eigenvalue weighted by Gasteiger charge is -2.15. The number of nitrogens with one attached hydrogen (secondary N) is 2. The highest BCUT2D eigenvalue weighted by atomic mass is 16.6. The summed E-state index contributed by atoms with van der Waals surface area (Å²) < 4.78 is 10.9. The molecule has 2 aromatic rings. The Morgan fingerprint density at radius 1 is 1.21 bits per heavy atom. The van der Waals surface area contributed by atoms with E-state index >= 15 is 0 Å². The van der Waals surface area contributed by atoms with Crippen molar-refractivity contribution < 1.29 is 14.4 Å². The molecular weight excluding hydrogens is 380 g/mol. The van der Waals surface area contributed by atoms with E-state index in [1.807, 2.05) is 20.8 Å². The fourth-order valence-electron chi connectivity index (χ4n) is 2.40. The molecule has 0 saturated carbocycles. The van der Waals surface area contributed by atoms with E-state index in [1.165, 1.54) is 18.3 Å². The fraction of sp³-hybridized carbons (Fsp3) is 0.444. The average molecular weight is 404 g/mol. The van der Waals surface area contributed by atoms with Gasteiger partial charge in [-0.1, -0.05) is 20.8 Å². The first-order valence-electron chi connectivity index (χ1n) is 9.02. The van der Waals surface area contributed by atoms with E-state index in [9.17, 15) is 14.9 Å². The number of nitrogens with zero attached hydrogens (tertiary/aromatic N) is 4. The second-order valence-corrected chi connectivity index (χ2v) is 6.95. The lowest BCUT2D eigenvalue weighted by molar-refractivity contribution is -0.385. The van der Waals surface area contributed by atoms with Gasteiger partial charge in [0, 0.05) is 23.1 Å².